The van der Waals surface area contributed by atoms with Gasteiger partial charge in [0, 0.05) is 24.8 Å². The zero-order chi connectivity index (χ0) is 20.4. The van der Waals surface area contributed by atoms with Crippen molar-refractivity contribution in [2.24, 2.45) is 5.92 Å². The number of carbonyl (C=O) groups is 2. The average Bonchev–Trinajstić information content (AvgIpc) is 3.42. The molecule has 0 saturated carbocycles. The highest BCUT2D eigenvalue weighted by Crippen LogP contribution is 2.33. The van der Waals surface area contributed by atoms with Crippen LogP contribution in [0, 0.1) is 5.92 Å². The molecule has 0 aliphatic carbocycles. The van der Waals surface area contributed by atoms with Crippen molar-refractivity contribution in [3.8, 4) is 22.7 Å². The number of nitrogens with zero attached hydrogens (tertiary/aromatic N) is 3. The van der Waals surface area contributed by atoms with Crippen LogP contribution in [0.5, 0.6) is 5.75 Å². The van der Waals surface area contributed by atoms with Crippen LogP contribution in [0.3, 0.4) is 0 Å². The molecule has 7 heteroatoms. The summed E-state index contributed by atoms with van der Waals surface area (Å²) < 4.78 is 7.14. The van der Waals surface area contributed by atoms with Crippen molar-refractivity contribution in [3.05, 3.63) is 66.4 Å². The maximum Gasteiger partial charge on any atom is 0.308 e. The molecule has 0 bridgehead atoms. The van der Waals surface area contributed by atoms with Gasteiger partial charge in [-0.15, -0.1) is 0 Å². The molecule has 7 nitrogen and oxygen atoms in total. The van der Waals surface area contributed by atoms with Gasteiger partial charge in [0.05, 0.1) is 24.3 Å². The van der Waals surface area contributed by atoms with E-state index in [4.69, 9.17) is 4.74 Å². The summed E-state index contributed by atoms with van der Waals surface area (Å²) in [7, 11) is 1.58. The van der Waals surface area contributed by atoms with Crippen LogP contribution in [0.4, 0.5) is 0 Å². The summed E-state index contributed by atoms with van der Waals surface area (Å²) in [5, 5.41) is 13.9. The van der Waals surface area contributed by atoms with Crippen molar-refractivity contribution < 1.29 is 19.4 Å². The number of ether oxygens (including phenoxy) is 1. The van der Waals surface area contributed by atoms with E-state index in [0.717, 1.165) is 5.69 Å². The minimum absolute atomic E-state index is 0.204. The number of carboxylic acid groups (broad SMARTS) is 1. The zero-order valence-electron chi connectivity index (χ0n) is 16.0. The van der Waals surface area contributed by atoms with Gasteiger partial charge in [-0.2, -0.15) is 5.10 Å². The predicted octanol–water partition coefficient (Wildman–Crippen LogP) is 3.09. The molecule has 148 valence electrons. The van der Waals surface area contributed by atoms with Gasteiger partial charge in [-0.05, 0) is 30.7 Å². The predicted molar refractivity (Wildman–Crippen MR) is 107 cm³/mol. The Bertz CT molecular complexity index is 1050. The second kappa shape index (κ2) is 7.79. The Morgan fingerprint density at radius 2 is 1.83 bits per heavy atom. The third kappa shape index (κ3) is 3.59. The lowest BCUT2D eigenvalue weighted by atomic mass is 10.1. The highest BCUT2D eigenvalue weighted by atomic mass is 16.5. The summed E-state index contributed by atoms with van der Waals surface area (Å²) in [5.74, 6) is -1.01. The Hall–Kier alpha value is -3.61. The van der Waals surface area contributed by atoms with Crippen LogP contribution in [0.25, 0.3) is 16.9 Å². The quantitative estimate of drug-likeness (QED) is 0.722. The van der Waals surface area contributed by atoms with E-state index in [9.17, 15) is 14.7 Å². The number of carboxylic acids is 1. The Morgan fingerprint density at radius 3 is 2.52 bits per heavy atom. The number of likely N-dealkylation sites (tertiary alicyclic amines) is 1. The molecule has 29 heavy (non-hydrogen) atoms. The van der Waals surface area contributed by atoms with Gasteiger partial charge in [-0.1, -0.05) is 30.3 Å². The van der Waals surface area contributed by atoms with Crippen LogP contribution in [0.2, 0.25) is 0 Å². The Morgan fingerprint density at radius 1 is 1.10 bits per heavy atom. The second-order valence-corrected chi connectivity index (χ2v) is 6.95. The first-order chi connectivity index (χ1) is 14.1. The Kier molecular flexibility index (Phi) is 5.03. The molecule has 1 aromatic heterocycles. The van der Waals surface area contributed by atoms with E-state index >= 15 is 0 Å². The molecule has 2 heterocycles. The molecular formula is C22H21N3O4. The minimum atomic E-state index is -0.870. The number of aromatic nitrogens is 2. The van der Waals surface area contributed by atoms with Crippen LogP contribution in [-0.2, 0) is 4.79 Å². The smallest absolute Gasteiger partial charge is 0.308 e. The fourth-order valence-corrected chi connectivity index (χ4v) is 3.60. The monoisotopic (exact) mass is 391 g/mol. The zero-order valence-corrected chi connectivity index (χ0v) is 16.0. The van der Waals surface area contributed by atoms with E-state index in [2.05, 4.69) is 5.10 Å². The van der Waals surface area contributed by atoms with E-state index in [1.54, 1.807) is 22.9 Å². The van der Waals surface area contributed by atoms with Crippen molar-refractivity contribution in [2.75, 3.05) is 20.2 Å². The molecular weight excluding hydrogens is 370 g/mol. The number of amides is 1. The van der Waals surface area contributed by atoms with Crippen molar-refractivity contribution in [3.63, 3.8) is 0 Å². The lowest BCUT2D eigenvalue weighted by molar-refractivity contribution is -0.141. The van der Waals surface area contributed by atoms with Gasteiger partial charge < -0.3 is 14.7 Å². The third-order valence-electron chi connectivity index (χ3n) is 5.15. The lowest BCUT2D eigenvalue weighted by Gasteiger charge is -2.16. The van der Waals surface area contributed by atoms with Gasteiger partial charge in [0.1, 0.15) is 11.4 Å². The molecule has 2 aromatic carbocycles. The SMILES string of the molecule is COc1ccccc1-c1nn(-c2ccccc2)cc1C(=O)N1CC[C@@H](C(=O)O)C1. The molecule has 0 radical (unpaired) electrons. The summed E-state index contributed by atoms with van der Waals surface area (Å²) in [6, 6.07) is 16.9. The van der Waals surface area contributed by atoms with Crippen molar-refractivity contribution in [1.82, 2.24) is 14.7 Å². The van der Waals surface area contributed by atoms with Crippen LogP contribution < -0.4 is 4.74 Å². The topological polar surface area (TPSA) is 84.7 Å². The highest BCUT2D eigenvalue weighted by Gasteiger charge is 2.33. The summed E-state index contributed by atoms with van der Waals surface area (Å²) in [4.78, 5) is 26.2. The van der Waals surface area contributed by atoms with Gasteiger partial charge in [-0.3, -0.25) is 9.59 Å². The Balaban J connectivity index is 1.78. The number of hydrogen-bond acceptors (Lipinski definition) is 4. The molecule has 1 atom stereocenters. The second-order valence-electron chi connectivity index (χ2n) is 6.95. The molecule has 1 N–H and O–H groups in total. The minimum Gasteiger partial charge on any atom is -0.496 e. The van der Waals surface area contributed by atoms with Crippen molar-refractivity contribution >= 4 is 11.9 Å². The van der Waals surface area contributed by atoms with Gasteiger partial charge in [0.2, 0.25) is 0 Å². The molecule has 1 fully saturated rings. The fourth-order valence-electron chi connectivity index (χ4n) is 3.60. The van der Waals surface area contributed by atoms with Crippen LogP contribution >= 0.6 is 0 Å². The number of benzene rings is 2. The number of methoxy groups -OCH3 is 1. The highest BCUT2D eigenvalue weighted by molar-refractivity contribution is 6.01. The largest absolute Gasteiger partial charge is 0.496 e. The first kappa shape index (κ1) is 18.7. The van der Waals surface area contributed by atoms with Gasteiger partial charge in [-0.25, -0.2) is 4.68 Å². The third-order valence-corrected chi connectivity index (χ3v) is 5.15. The molecule has 1 aliphatic heterocycles. The number of carbonyl (C=O) groups excluding carboxylic acids is 1. The summed E-state index contributed by atoms with van der Waals surface area (Å²) in [5.41, 5.74) is 2.47. The molecule has 1 saturated heterocycles. The molecule has 0 spiro atoms. The van der Waals surface area contributed by atoms with Crippen LogP contribution in [0.15, 0.2) is 60.8 Å². The standard InChI is InChI=1S/C22H21N3O4/c1-29-19-10-6-5-9-17(19)20-18(14-25(23-20)16-7-3-2-4-8-16)21(26)24-12-11-15(13-24)22(27)28/h2-10,14-15H,11-13H2,1H3,(H,27,28)/t15-/m1/s1. The van der Waals surface area contributed by atoms with E-state index < -0.39 is 11.9 Å². The number of aliphatic carboxylic acids is 1. The molecule has 1 amide bonds. The number of rotatable bonds is 5. The maximum atomic E-state index is 13.3. The number of hydrogen-bond donors (Lipinski definition) is 1. The van der Waals surface area contributed by atoms with E-state index in [-0.39, 0.29) is 12.5 Å². The lowest BCUT2D eigenvalue weighted by Crippen LogP contribution is -2.30. The average molecular weight is 391 g/mol. The molecule has 0 unspecified atom stereocenters. The van der Waals surface area contributed by atoms with E-state index in [1.807, 2.05) is 54.6 Å². The van der Waals surface area contributed by atoms with Crippen LogP contribution in [0.1, 0.15) is 16.8 Å². The van der Waals surface area contributed by atoms with Gasteiger partial charge in [0.15, 0.2) is 0 Å². The summed E-state index contributed by atoms with van der Waals surface area (Å²) >= 11 is 0. The molecule has 3 aromatic rings. The van der Waals surface area contributed by atoms with Crippen molar-refractivity contribution in [2.45, 2.75) is 6.42 Å². The Labute approximate surface area is 168 Å². The number of para-hydroxylation sites is 2. The molecule has 1 aliphatic rings. The van der Waals surface area contributed by atoms with Gasteiger partial charge >= 0.3 is 5.97 Å². The van der Waals surface area contributed by atoms with Gasteiger partial charge in [0.25, 0.3) is 5.91 Å². The van der Waals surface area contributed by atoms with Crippen LogP contribution in [-0.4, -0.2) is 51.9 Å². The first-order valence-electron chi connectivity index (χ1n) is 9.39. The summed E-state index contributed by atoms with van der Waals surface area (Å²) in [6.07, 6.45) is 2.16. The fraction of sp³-hybridized carbons (Fsp3) is 0.227. The summed E-state index contributed by atoms with van der Waals surface area (Å²) in [6.45, 7) is 0.619. The van der Waals surface area contributed by atoms with Crippen molar-refractivity contribution in [1.29, 1.82) is 0 Å². The molecule has 4 rings (SSSR count). The first-order valence-corrected chi connectivity index (χ1v) is 9.39. The van der Waals surface area contributed by atoms with E-state index in [1.165, 1.54) is 0 Å². The maximum absolute atomic E-state index is 13.3. The van der Waals surface area contributed by atoms with E-state index in [0.29, 0.717) is 35.5 Å². The normalized spacial score (nSPS) is 16.0.